The molecule has 0 saturated heterocycles. The predicted molar refractivity (Wildman–Crippen MR) is 75.5 cm³/mol. The molecule has 6 nitrogen and oxygen atoms in total. The van der Waals surface area contributed by atoms with Crippen LogP contribution in [0.15, 0.2) is 33.0 Å². The van der Waals surface area contributed by atoms with Crippen molar-refractivity contribution < 1.29 is 9.90 Å². The van der Waals surface area contributed by atoms with E-state index in [0.717, 1.165) is 10.5 Å². The molecule has 7 heteroatoms. The maximum absolute atomic E-state index is 11.7. The Morgan fingerprint density at radius 1 is 1.45 bits per heavy atom. The van der Waals surface area contributed by atoms with Crippen molar-refractivity contribution in [2.24, 2.45) is 0 Å². The number of aromatic carboxylic acids is 1. The highest BCUT2D eigenvalue weighted by Crippen LogP contribution is 2.29. The number of nitrogens with zero attached hydrogens (tertiary/aromatic N) is 2. The van der Waals surface area contributed by atoms with Gasteiger partial charge in [-0.05, 0) is 56.3 Å². The molecule has 0 unspecified atom stereocenters. The van der Waals surface area contributed by atoms with Crippen LogP contribution >= 0.6 is 11.8 Å². The van der Waals surface area contributed by atoms with Crippen LogP contribution in [0.4, 0.5) is 0 Å². The van der Waals surface area contributed by atoms with E-state index < -0.39 is 5.97 Å². The van der Waals surface area contributed by atoms with Gasteiger partial charge in [-0.2, -0.15) is 0 Å². The van der Waals surface area contributed by atoms with Crippen LogP contribution < -0.4 is 5.69 Å². The molecule has 1 aromatic heterocycles. The third kappa shape index (κ3) is 2.77. The predicted octanol–water partition coefficient (Wildman–Crippen LogP) is 2.31. The molecule has 0 aliphatic carbocycles. The van der Waals surface area contributed by atoms with E-state index in [-0.39, 0.29) is 17.3 Å². The van der Waals surface area contributed by atoms with Crippen molar-refractivity contribution in [2.45, 2.75) is 36.9 Å². The molecule has 0 radical (unpaired) electrons. The fourth-order valence-corrected chi connectivity index (χ4v) is 2.85. The molecule has 0 fully saturated rings. The lowest BCUT2D eigenvalue weighted by Crippen LogP contribution is -2.19. The first kappa shape index (κ1) is 14.4. The van der Waals surface area contributed by atoms with Crippen LogP contribution in [0, 0.1) is 6.92 Å². The monoisotopic (exact) mass is 293 g/mol. The molecule has 0 aliphatic rings. The van der Waals surface area contributed by atoms with Crippen LogP contribution in [0.1, 0.15) is 35.8 Å². The summed E-state index contributed by atoms with van der Waals surface area (Å²) in [5, 5.41) is 15.9. The Labute approximate surface area is 119 Å². The molecule has 2 rings (SSSR count). The van der Waals surface area contributed by atoms with Gasteiger partial charge in [0.15, 0.2) is 5.16 Å². The van der Waals surface area contributed by atoms with Crippen molar-refractivity contribution in [2.75, 3.05) is 0 Å². The van der Waals surface area contributed by atoms with Gasteiger partial charge in [-0.15, -0.1) is 5.10 Å². The Balaban J connectivity index is 2.36. The Hall–Kier alpha value is -2.02. The maximum Gasteiger partial charge on any atom is 0.344 e. The van der Waals surface area contributed by atoms with Gasteiger partial charge in [0.2, 0.25) is 0 Å². The lowest BCUT2D eigenvalue weighted by Gasteiger charge is -2.10. The lowest BCUT2D eigenvalue weighted by molar-refractivity contribution is 0.0696. The molecule has 1 aromatic carbocycles. The number of hydrogen-bond acceptors (Lipinski definition) is 4. The van der Waals surface area contributed by atoms with E-state index in [2.05, 4.69) is 10.2 Å². The minimum absolute atomic E-state index is 0.00217. The molecule has 0 spiro atoms. The third-order valence-electron chi connectivity index (χ3n) is 2.81. The van der Waals surface area contributed by atoms with Crippen LogP contribution in [-0.4, -0.2) is 25.8 Å². The number of aromatic amines is 1. The van der Waals surface area contributed by atoms with Crippen LogP contribution in [0.25, 0.3) is 0 Å². The van der Waals surface area contributed by atoms with Gasteiger partial charge in [-0.1, -0.05) is 0 Å². The van der Waals surface area contributed by atoms with Crippen LogP contribution in [0.3, 0.4) is 0 Å². The van der Waals surface area contributed by atoms with Crippen molar-refractivity contribution >= 4 is 17.7 Å². The minimum atomic E-state index is -0.955. The SMILES string of the molecule is Cc1cc(C(=O)O)ccc1Sc1n[nH]c(=O)n1C(C)C. The highest BCUT2D eigenvalue weighted by molar-refractivity contribution is 7.99. The van der Waals surface area contributed by atoms with Gasteiger partial charge in [0, 0.05) is 10.9 Å². The van der Waals surface area contributed by atoms with E-state index in [0.29, 0.717) is 5.16 Å². The Bertz CT molecular complexity index is 703. The molecule has 20 heavy (non-hydrogen) atoms. The van der Waals surface area contributed by atoms with Gasteiger partial charge in [-0.3, -0.25) is 4.57 Å². The molecule has 106 valence electrons. The van der Waals surface area contributed by atoms with Gasteiger partial charge in [-0.25, -0.2) is 14.7 Å². The zero-order valence-electron chi connectivity index (χ0n) is 11.4. The molecule has 2 N–H and O–H groups in total. The Kier molecular flexibility index (Phi) is 3.99. The number of nitrogens with one attached hydrogen (secondary N) is 1. The fraction of sp³-hybridized carbons (Fsp3) is 0.308. The summed E-state index contributed by atoms with van der Waals surface area (Å²) < 4.78 is 1.56. The van der Waals surface area contributed by atoms with E-state index >= 15 is 0 Å². The molecule has 0 atom stereocenters. The van der Waals surface area contributed by atoms with Crippen LogP contribution in [0.5, 0.6) is 0 Å². The van der Waals surface area contributed by atoms with E-state index in [4.69, 9.17) is 5.11 Å². The molecule has 0 saturated carbocycles. The summed E-state index contributed by atoms with van der Waals surface area (Å²) in [6.45, 7) is 5.64. The summed E-state index contributed by atoms with van der Waals surface area (Å²) in [6, 6.07) is 4.88. The smallest absolute Gasteiger partial charge is 0.344 e. The van der Waals surface area contributed by atoms with Gasteiger partial charge in [0.1, 0.15) is 0 Å². The summed E-state index contributed by atoms with van der Waals surface area (Å²) in [6.07, 6.45) is 0. The molecule has 1 heterocycles. The molecule has 0 bridgehead atoms. The van der Waals surface area contributed by atoms with E-state index in [1.165, 1.54) is 11.8 Å². The first-order valence-electron chi connectivity index (χ1n) is 6.09. The number of carboxylic acid groups (broad SMARTS) is 1. The lowest BCUT2D eigenvalue weighted by atomic mass is 10.1. The number of aryl methyl sites for hydroxylation is 1. The normalized spacial score (nSPS) is 11.0. The second-order valence-electron chi connectivity index (χ2n) is 4.66. The summed E-state index contributed by atoms with van der Waals surface area (Å²) in [7, 11) is 0. The molecule has 2 aromatic rings. The van der Waals surface area contributed by atoms with Crippen molar-refractivity contribution in [1.82, 2.24) is 14.8 Å². The first-order chi connectivity index (χ1) is 9.40. The topological polar surface area (TPSA) is 88.0 Å². The quantitative estimate of drug-likeness (QED) is 0.903. The van der Waals surface area contributed by atoms with Crippen molar-refractivity contribution in [3.63, 3.8) is 0 Å². The third-order valence-corrected chi connectivity index (χ3v) is 3.96. The molecular formula is C13H15N3O3S. The van der Waals surface area contributed by atoms with E-state index in [1.807, 2.05) is 20.8 Å². The van der Waals surface area contributed by atoms with Gasteiger partial charge >= 0.3 is 11.7 Å². The van der Waals surface area contributed by atoms with Crippen molar-refractivity contribution in [3.8, 4) is 0 Å². The highest BCUT2D eigenvalue weighted by atomic mass is 32.2. The van der Waals surface area contributed by atoms with Gasteiger partial charge in [0.25, 0.3) is 0 Å². The average Bonchev–Trinajstić information content (AvgIpc) is 2.72. The number of rotatable bonds is 4. The zero-order chi connectivity index (χ0) is 14.9. The highest BCUT2D eigenvalue weighted by Gasteiger charge is 2.14. The van der Waals surface area contributed by atoms with Crippen LogP contribution in [0.2, 0.25) is 0 Å². The number of benzene rings is 1. The van der Waals surface area contributed by atoms with Crippen molar-refractivity contribution in [3.05, 3.63) is 39.8 Å². The Morgan fingerprint density at radius 2 is 2.15 bits per heavy atom. The van der Waals surface area contributed by atoms with Gasteiger partial charge < -0.3 is 5.11 Å². The molecule has 0 amide bonds. The summed E-state index contributed by atoms with van der Waals surface area (Å²) in [4.78, 5) is 23.4. The first-order valence-corrected chi connectivity index (χ1v) is 6.90. The molecular weight excluding hydrogens is 278 g/mol. The van der Waals surface area contributed by atoms with Crippen LogP contribution in [-0.2, 0) is 0 Å². The summed E-state index contributed by atoms with van der Waals surface area (Å²) in [5.74, 6) is -0.955. The fourth-order valence-electron chi connectivity index (χ4n) is 1.81. The number of aromatic nitrogens is 3. The summed E-state index contributed by atoms with van der Waals surface area (Å²) >= 11 is 1.34. The maximum atomic E-state index is 11.7. The standard InChI is InChI=1S/C13H15N3O3S/c1-7(2)16-12(19)14-15-13(16)20-10-5-4-9(11(17)18)6-8(10)3/h4-7H,1-3H3,(H,14,19)(H,17,18). The zero-order valence-corrected chi connectivity index (χ0v) is 12.2. The second kappa shape index (κ2) is 5.54. The Morgan fingerprint density at radius 3 is 2.70 bits per heavy atom. The average molecular weight is 293 g/mol. The van der Waals surface area contributed by atoms with E-state index in [1.54, 1.807) is 22.8 Å². The second-order valence-corrected chi connectivity index (χ2v) is 5.67. The summed E-state index contributed by atoms with van der Waals surface area (Å²) in [5.41, 5.74) is 0.832. The van der Waals surface area contributed by atoms with Gasteiger partial charge in [0.05, 0.1) is 5.56 Å². The molecule has 0 aliphatic heterocycles. The number of carbonyl (C=O) groups is 1. The largest absolute Gasteiger partial charge is 0.478 e. The number of hydrogen-bond donors (Lipinski definition) is 2. The number of H-pyrrole nitrogens is 1. The van der Waals surface area contributed by atoms with Crippen molar-refractivity contribution in [1.29, 1.82) is 0 Å². The minimum Gasteiger partial charge on any atom is -0.478 e. The van der Waals surface area contributed by atoms with E-state index in [9.17, 15) is 9.59 Å². The number of carboxylic acids is 1.